The van der Waals surface area contributed by atoms with E-state index in [1.807, 2.05) is 0 Å². The Morgan fingerprint density at radius 1 is 1.80 bits per heavy atom. The Hall–Kier alpha value is -0.260. The fourth-order valence-electron chi connectivity index (χ4n) is 0. The molecule has 5 heavy (non-hydrogen) atoms. The SMILES string of the molecule is C=C=NC.Cl. The maximum absolute atomic E-state index is 3.38. The third kappa shape index (κ3) is 20.7. The molecule has 0 aliphatic rings. The molecule has 0 aliphatic carbocycles. The van der Waals surface area contributed by atoms with Crippen molar-refractivity contribution < 1.29 is 0 Å². The van der Waals surface area contributed by atoms with Gasteiger partial charge < -0.3 is 0 Å². The largest absolute Gasteiger partial charge is 0.247 e. The molecule has 0 bridgehead atoms. The molecule has 0 heterocycles. The Morgan fingerprint density at radius 3 is 2.00 bits per heavy atom. The van der Waals surface area contributed by atoms with E-state index in [-0.39, 0.29) is 12.4 Å². The van der Waals surface area contributed by atoms with Crippen molar-refractivity contribution in [1.29, 1.82) is 0 Å². The molecule has 0 aromatic carbocycles. The van der Waals surface area contributed by atoms with Gasteiger partial charge in [-0.2, -0.15) is 0 Å². The molecule has 0 aliphatic heterocycles. The van der Waals surface area contributed by atoms with Gasteiger partial charge in [0.2, 0.25) is 0 Å². The van der Waals surface area contributed by atoms with Gasteiger partial charge in [-0.3, -0.25) is 0 Å². The van der Waals surface area contributed by atoms with Gasteiger partial charge in [0.05, 0.1) is 0 Å². The van der Waals surface area contributed by atoms with Gasteiger partial charge in [0.25, 0.3) is 0 Å². The average molecular weight is 91.5 g/mol. The van der Waals surface area contributed by atoms with Gasteiger partial charge in [-0.25, -0.2) is 4.99 Å². The van der Waals surface area contributed by atoms with Crippen LogP contribution in [-0.4, -0.2) is 12.9 Å². The third-order valence-corrected chi connectivity index (χ3v) is 0.158. The Kier molecular flexibility index (Phi) is 16.4. The second-order valence-electron chi connectivity index (χ2n) is 0.382. The van der Waals surface area contributed by atoms with E-state index in [0.717, 1.165) is 0 Å². The summed E-state index contributed by atoms with van der Waals surface area (Å²) in [5.74, 6) is 2.31. The van der Waals surface area contributed by atoms with Crippen LogP contribution in [0.1, 0.15) is 0 Å². The summed E-state index contributed by atoms with van der Waals surface area (Å²) in [5.41, 5.74) is 0. The molecule has 0 saturated heterocycles. The molecule has 0 aromatic heterocycles. The second kappa shape index (κ2) is 9.27. The zero-order valence-electron chi connectivity index (χ0n) is 3.06. The van der Waals surface area contributed by atoms with Gasteiger partial charge >= 0.3 is 0 Å². The molecule has 2 heteroatoms. The van der Waals surface area contributed by atoms with Crippen molar-refractivity contribution in [2.24, 2.45) is 4.99 Å². The number of rotatable bonds is 0. The first-order chi connectivity index (χ1) is 1.91. The van der Waals surface area contributed by atoms with Gasteiger partial charge in [-0.15, -0.1) is 12.4 Å². The van der Waals surface area contributed by atoms with E-state index in [1.165, 1.54) is 0 Å². The summed E-state index contributed by atoms with van der Waals surface area (Å²) in [6, 6.07) is 0. The zero-order valence-corrected chi connectivity index (χ0v) is 3.88. The van der Waals surface area contributed by atoms with Crippen LogP contribution in [0, 0.1) is 0 Å². The van der Waals surface area contributed by atoms with Crippen LogP contribution in [0.15, 0.2) is 11.6 Å². The van der Waals surface area contributed by atoms with Crippen molar-refractivity contribution in [1.82, 2.24) is 0 Å². The number of hydrogen-bond acceptors (Lipinski definition) is 1. The highest BCUT2D eigenvalue weighted by molar-refractivity contribution is 5.85. The van der Waals surface area contributed by atoms with Crippen molar-refractivity contribution in [3.8, 4) is 0 Å². The van der Waals surface area contributed by atoms with Crippen LogP contribution in [0.2, 0.25) is 0 Å². The van der Waals surface area contributed by atoms with E-state index in [4.69, 9.17) is 0 Å². The van der Waals surface area contributed by atoms with Crippen LogP contribution in [0.25, 0.3) is 0 Å². The molecule has 0 fully saturated rings. The van der Waals surface area contributed by atoms with Gasteiger partial charge in [0.15, 0.2) is 0 Å². The van der Waals surface area contributed by atoms with E-state index >= 15 is 0 Å². The Labute approximate surface area is 37.8 Å². The molecular formula is C3H6ClN. The predicted octanol–water partition coefficient (Wildman–Crippen LogP) is 0.894. The molecule has 1 nitrogen and oxygen atoms in total. The molecule has 0 rings (SSSR count). The fraction of sp³-hybridized carbons (Fsp3) is 0.333. The summed E-state index contributed by atoms with van der Waals surface area (Å²) in [5, 5.41) is 0. The molecule has 0 unspecified atom stereocenters. The molecule has 0 aromatic rings. The predicted molar refractivity (Wildman–Crippen MR) is 26.2 cm³/mol. The summed E-state index contributed by atoms with van der Waals surface area (Å²) in [6.45, 7) is 3.19. The van der Waals surface area contributed by atoms with Gasteiger partial charge in [0, 0.05) is 7.05 Å². The lowest BCUT2D eigenvalue weighted by Crippen LogP contribution is -1.35. The van der Waals surface area contributed by atoms with Gasteiger partial charge in [0.1, 0.15) is 0 Å². The van der Waals surface area contributed by atoms with Crippen LogP contribution in [0.4, 0.5) is 0 Å². The first-order valence-electron chi connectivity index (χ1n) is 1.02. The van der Waals surface area contributed by atoms with E-state index in [0.29, 0.717) is 0 Å². The highest BCUT2D eigenvalue weighted by atomic mass is 35.5. The molecule has 0 radical (unpaired) electrons. The van der Waals surface area contributed by atoms with Crippen LogP contribution < -0.4 is 0 Å². The first kappa shape index (κ1) is 8.83. The maximum atomic E-state index is 3.38. The molecule has 0 amide bonds. The average Bonchev–Trinajstić information content (AvgIpc) is 1.37. The lowest BCUT2D eigenvalue weighted by molar-refractivity contribution is 1.49. The highest BCUT2D eigenvalue weighted by Crippen LogP contribution is 1.29. The van der Waals surface area contributed by atoms with Crippen LogP contribution in [0.3, 0.4) is 0 Å². The maximum Gasteiger partial charge on any atom is 0.0371 e. The van der Waals surface area contributed by atoms with Crippen molar-refractivity contribution in [2.75, 3.05) is 7.05 Å². The lowest BCUT2D eigenvalue weighted by atomic mass is 11.1. The van der Waals surface area contributed by atoms with E-state index < -0.39 is 0 Å². The quantitative estimate of drug-likeness (QED) is 0.393. The first-order valence-corrected chi connectivity index (χ1v) is 1.02. The molecule has 0 saturated carbocycles. The van der Waals surface area contributed by atoms with E-state index in [2.05, 4.69) is 17.4 Å². The Balaban J connectivity index is 0. The topological polar surface area (TPSA) is 12.4 Å². The Morgan fingerprint density at radius 2 is 2.00 bits per heavy atom. The third-order valence-electron chi connectivity index (χ3n) is 0.158. The summed E-state index contributed by atoms with van der Waals surface area (Å²) in [6.07, 6.45) is 0. The van der Waals surface area contributed by atoms with Gasteiger partial charge in [-0.05, 0) is 12.4 Å². The molecule has 0 atom stereocenters. The number of nitrogens with zero attached hydrogens (tertiary/aromatic N) is 1. The molecular weight excluding hydrogens is 85.5 g/mol. The van der Waals surface area contributed by atoms with Crippen molar-refractivity contribution in [2.45, 2.75) is 0 Å². The number of hydrogen-bond donors (Lipinski definition) is 0. The summed E-state index contributed by atoms with van der Waals surface area (Å²) < 4.78 is 0. The zero-order chi connectivity index (χ0) is 3.41. The number of aliphatic imine (C=N–C) groups is 1. The minimum Gasteiger partial charge on any atom is -0.247 e. The fourth-order valence-corrected chi connectivity index (χ4v) is 0. The molecule has 0 spiro atoms. The van der Waals surface area contributed by atoms with E-state index in [9.17, 15) is 0 Å². The summed E-state index contributed by atoms with van der Waals surface area (Å²) in [4.78, 5) is 3.38. The van der Waals surface area contributed by atoms with Crippen LogP contribution in [-0.2, 0) is 0 Å². The monoisotopic (exact) mass is 91.0 g/mol. The molecule has 30 valence electrons. The normalized spacial score (nSPS) is 3.40. The standard InChI is InChI=1S/C3H5N.ClH/c1-3-4-2;/h1H2,2H3;1H. The Bertz CT molecular complexity index is 44.9. The minimum absolute atomic E-state index is 0. The summed E-state index contributed by atoms with van der Waals surface area (Å²) >= 11 is 0. The summed E-state index contributed by atoms with van der Waals surface area (Å²) in [7, 11) is 1.63. The number of halogens is 1. The lowest BCUT2D eigenvalue weighted by Gasteiger charge is -1.42. The second-order valence-corrected chi connectivity index (χ2v) is 0.382. The smallest absolute Gasteiger partial charge is 0.0371 e. The van der Waals surface area contributed by atoms with Gasteiger partial charge in [-0.1, -0.05) is 0 Å². The molecule has 0 N–H and O–H groups in total. The van der Waals surface area contributed by atoms with Crippen LogP contribution >= 0.6 is 12.4 Å². The van der Waals surface area contributed by atoms with Crippen LogP contribution in [0.5, 0.6) is 0 Å². The van der Waals surface area contributed by atoms with Crippen molar-refractivity contribution >= 4 is 18.3 Å². The van der Waals surface area contributed by atoms with E-state index in [1.54, 1.807) is 7.05 Å². The van der Waals surface area contributed by atoms with Crippen molar-refractivity contribution in [3.05, 3.63) is 6.58 Å². The minimum atomic E-state index is 0. The van der Waals surface area contributed by atoms with Crippen molar-refractivity contribution in [3.63, 3.8) is 0 Å². The highest BCUT2D eigenvalue weighted by Gasteiger charge is 1.21.